The second kappa shape index (κ2) is 11.2. The molecule has 0 fully saturated rings. The van der Waals surface area contributed by atoms with E-state index < -0.39 is 0 Å². The van der Waals surface area contributed by atoms with Gasteiger partial charge in [0.05, 0.1) is 6.61 Å². The van der Waals surface area contributed by atoms with Crippen LogP contribution in [0.2, 0.25) is 0 Å². The van der Waals surface area contributed by atoms with Gasteiger partial charge in [0, 0.05) is 17.2 Å². The lowest BCUT2D eigenvalue weighted by atomic mass is 10.1. The summed E-state index contributed by atoms with van der Waals surface area (Å²) in [6, 6.07) is 23.8. The molecular formula is C27H31NO3. The number of ether oxygens (including phenoxy) is 2. The van der Waals surface area contributed by atoms with Gasteiger partial charge in [0.1, 0.15) is 18.1 Å². The average molecular weight is 418 g/mol. The van der Waals surface area contributed by atoms with E-state index in [2.05, 4.69) is 17.4 Å². The Morgan fingerprint density at radius 2 is 1.77 bits per heavy atom. The van der Waals surface area contributed by atoms with Crippen LogP contribution in [-0.2, 0) is 13.0 Å². The number of benzene rings is 3. The van der Waals surface area contributed by atoms with Crippen LogP contribution in [0.1, 0.15) is 47.3 Å². The quantitative estimate of drug-likeness (QED) is 0.459. The van der Waals surface area contributed by atoms with E-state index in [1.807, 2.05) is 75.4 Å². The molecule has 4 heteroatoms. The summed E-state index contributed by atoms with van der Waals surface area (Å²) in [4.78, 5) is 12.8. The Bertz CT molecular complexity index is 985. The van der Waals surface area contributed by atoms with Crippen molar-refractivity contribution >= 4 is 5.91 Å². The van der Waals surface area contributed by atoms with Crippen LogP contribution >= 0.6 is 0 Å². The van der Waals surface area contributed by atoms with Gasteiger partial charge in [0.15, 0.2) is 0 Å². The van der Waals surface area contributed by atoms with Crippen molar-refractivity contribution in [2.24, 2.45) is 0 Å². The molecule has 0 unspecified atom stereocenters. The number of carbonyl (C=O) groups excluding carboxylic acids is 1. The van der Waals surface area contributed by atoms with E-state index in [0.29, 0.717) is 18.8 Å². The first kappa shape index (κ1) is 22.4. The van der Waals surface area contributed by atoms with Crippen molar-refractivity contribution in [3.05, 3.63) is 95.1 Å². The highest BCUT2D eigenvalue weighted by Gasteiger charge is 2.14. The smallest absolute Gasteiger partial charge is 0.251 e. The number of hydrogen-bond donors (Lipinski definition) is 1. The SMILES string of the molecule is CCOc1ccc(C(=O)N[C@@H](C)CCc2ccccc2)cc1COc1cccc(C)c1. The Kier molecular flexibility index (Phi) is 8.11. The molecule has 0 radical (unpaired) electrons. The molecule has 1 amide bonds. The second-order valence-electron chi connectivity index (χ2n) is 7.76. The highest BCUT2D eigenvalue weighted by Crippen LogP contribution is 2.23. The third-order valence-electron chi connectivity index (χ3n) is 5.09. The summed E-state index contributed by atoms with van der Waals surface area (Å²) in [5.74, 6) is 1.45. The first-order valence-corrected chi connectivity index (χ1v) is 10.8. The summed E-state index contributed by atoms with van der Waals surface area (Å²) in [5.41, 5.74) is 3.88. The zero-order valence-corrected chi connectivity index (χ0v) is 18.6. The molecule has 0 saturated heterocycles. The highest BCUT2D eigenvalue weighted by molar-refractivity contribution is 5.94. The Balaban J connectivity index is 1.64. The molecule has 0 bridgehead atoms. The van der Waals surface area contributed by atoms with Crippen LogP contribution in [-0.4, -0.2) is 18.6 Å². The van der Waals surface area contributed by atoms with Gasteiger partial charge in [0.2, 0.25) is 0 Å². The van der Waals surface area contributed by atoms with Gasteiger partial charge in [-0.2, -0.15) is 0 Å². The van der Waals surface area contributed by atoms with Crippen molar-refractivity contribution in [2.75, 3.05) is 6.61 Å². The van der Waals surface area contributed by atoms with E-state index in [1.54, 1.807) is 6.07 Å². The van der Waals surface area contributed by atoms with Gasteiger partial charge in [-0.05, 0) is 75.1 Å². The minimum atomic E-state index is -0.0829. The maximum atomic E-state index is 12.8. The highest BCUT2D eigenvalue weighted by atomic mass is 16.5. The second-order valence-corrected chi connectivity index (χ2v) is 7.76. The summed E-state index contributed by atoms with van der Waals surface area (Å²) in [6.45, 7) is 6.91. The van der Waals surface area contributed by atoms with Gasteiger partial charge < -0.3 is 14.8 Å². The molecule has 0 spiro atoms. The summed E-state index contributed by atoms with van der Waals surface area (Å²) in [7, 11) is 0. The molecule has 3 aromatic carbocycles. The van der Waals surface area contributed by atoms with Crippen molar-refractivity contribution in [3.8, 4) is 11.5 Å². The van der Waals surface area contributed by atoms with Crippen LogP contribution in [0.15, 0.2) is 72.8 Å². The maximum Gasteiger partial charge on any atom is 0.251 e. The molecule has 0 aliphatic heterocycles. The lowest BCUT2D eigenvalue weighted by Crippen LogP contribution is -2.33. The van der Waals surface area contributed by atoms with Gasteiger partial charge in [-0.1, -0.05) is 42.5 Å². The standard InChI is InChI=1S/C27H31NO3/c1-4-30-26-16-15-23(18-24(26)19-31-25-12-8-9-20(2)17-25)27(29)28-21(3)13-14-22-10-6-5-7-11-22/h5-12,15-18,21H,4,13-14,19H2,1-3H3,(H,28,29)/t21-/m0/s1. The van der Waals surface area contributed by atoms with Crippen molar-refractivity contribution in [3.63, 3.8) is 0 Å². The van der Waals surface area contributed by atoms with Crippen molar-refractivity contribution < 1.29 is 14.3 Å². The fourth-order valence-corrected chi connectivity index (χ4v) is 3.40. The van der Waals surface area contributed by atoms with Gasteiger partial charge in [-0.15, -0.1) is 0 Å². The average Bonchev–Trinajstić information content (AvgIpc) is 2.78. The normalized spacial score (nSPS) is 11.6. The predicted molar refractivity (Wildman–Crippen MR) is 125 cm³/mol. The molecule has 3 rings (SSSR count). The van der Waals surface area contributed by atoms with Gasteiger partial charge in [-0.25, -0.2) is 0 Å². The molecule has 0 saturated carbocycles. The number of hydrogen-bond acceptors (Lipinski definition) is 3. The first-order valence-electron chi connectivity index (χ1n) is 10.8. The van der Waals surface area contributed by atoms with Crippen LogP contribution in [0.25, 0.3) is 0 Å². The Morgan fingerprint density at radius 1 is 0.968 bits per heavy atom. The van der Waals surface area contributed by atoms with Crippen molar-refractivity contribution in [2.45, 2.75) is 46.3 Å². The Hall–Kier alpha value is -3.27. The van der Waals surface area contributed by atoms with Crippen LogP contribution < -0.4 is 14.8 Å². The topological polar surface area (TPSA) is 47.6 Å². The molecule has 162 valence electrons. The summed E-state index contributed by atoms with van der Waals surface area (Å²) >= 11 is 0. The van der Waals surface area contributed by atoms with Crippen LogP contribution in [0.5, 0.6) is 11.5 Å². The number of nitrogens with one attached hydrogen (secondary N) is 1. The van der Waals surface area contributed by atoms with Gasteiger partial charge >= 0.3 is 0 Å². The molecule has 0 heterocycles. The zero-order chi connectivity index (χ0) is 22.1. The minimum Gasteiger partial charge on any atom is -0.493 e. The molecule has 0 aliphatic rings. The summed E-state index contributed by atoms with van der Waals surface area (Å²) in [5, 5.41) is 3.11. The molecule has 31 heavy (non-hydrogen) atoms. The van der Waals surface area contributed by atoms with E-state index >= 15 is 0 Å². The fourth-order valence-electron chi connectivity index (χ4n) is 3.40. The number of amides is 1. The molecule has 3 aromatic rings. The molecular weight excluding hydrogens is 386 g/mol. The van der Waals surface area contributed by atoms with Crippen LogP contribution in [0.3, 0.4) is 0 Å². The van der Waals surface area contributed by atoms with Crippen LogP contribution in [0.4, 0.5) is 0 Å². The van der Waals surface area contributed by atoms with E-state index in [1.165, 1.54) is 5.56 Å². The number of carbonyl (C=O) groups is 1. The molecule has 1 N–H and O–H groups in total. The maximum absolute atomic E-state index is 12.8. The third-order valence-corrected chi connectivity index (χ3v) is 5.09. The fraction of sp³-hybridized carbons (Fsp3) is 0.296. The van der Waals surface area contributed by atoms with E-state index in [-0.39, 0.29) is 11.9 Å². The zero-order valence-electron chi connectivity index (χ0n) is 18.6. The van der Waals surface area contributed by atoms with E-state index in [0.717, 1.165) is 35.5 Å². The van der Waals surface area contributed by atoms with Crippen molar-refractivity contribution in [1.82, 2.24) is 5.32 Å². The summed E-state index contributed by atoms with van der Waals surface area (Å²) < 4.78 is 11.7. The minimum absolute atomic E-state index is 0.0752. The number of rotatable bonds is 10. The Morgan fingerprint density at radius 3 is 2.52 bits per heavy atom. The van der Waals surface area contributed by atoms with Gasteiger partial charge in [0.25, 0.3) is 5.91 Å². The Labute approximate surface area is 185 Å². The molecule has 0 aliphatic carbocycles. The lowest BCUT2D eigenvalue weighted by Gasteiger charge is -2.16. The first-order chi connectivity index (χ1) is 15.0. The molecule has 0 aromatic heterocycles. The summed E-state index contributed by atoms with van der Waals surface area (Å²) in [6.07, 6.45) is 1.82. The van der Waals surface area contributed by atoms with Crippen LogP contribution in [0, 0.1) is 6.92 Å². The third kappa shape index (κ3) is 6.88. The van der Waals surface area contributed by atoms with E-state index in [4.69, 9.17) is 9.47 Å². The lowest BCUT2D eigenvalue weighted by molar-refractivity contribution is 0.0938. The largest absolute Gasteiger partial charge is 0.493 e. The van der Waals surface area contributed by atoms with Gasteiger partial charge in [-0.3, -0.25) is 4.79 Å². The van der Waals surface area contributed by atoms with Crippen molar-refractivity contribution in [1.29, 1.82) is 0 Å². The number of aryl methyl sites for hydroxylation is 2. The predicted octanol–water partition coefficient (Wildman–Crippen LogP) is 5.72. The monoisotopic (exact) mass is 417 g/mol. The molecule has 4 nitrogen and oxygen atoms in total. The van der Waals surface area contributed by atoms with E-state index in [9.17, 15) is 4.79 Å². The molecule has 1 atom stereocenters.